The zero-order chi connectivity index (χ0) is 15.8. The zero-order valence-corrected chi connectivity index (χ0v) is 11.4. The summed E-state index contributed by atoms with van der Waals surface area (Å²) in [5.41, 5.74) is 4.43. The van der Waals surface area contributed by atoms with E-state index in [0.717, 1.165) is 11.0 Å². The van der Waals surface area contributed by atoms with E-state index in [-0.39, 0.29) is 18.0 Å². The van der Waals surface area contributed by atoms with Crippen molar-refractivity contribution >= 4 is 11.8 Å². The molecular formula is C14H15F3N2O2. The Balaban J connectivity index is 2.14. The summed E-state index contributed by atoms with van der Waals surface area (Å²) in [4.78, 5) is 24.0. The van der Waals surface area contributed by atoms with Crippen molar-refractivity contribution in [3.05, 3.63) is 35.4 Å². The maximum atomic E-state index is 12.9. The first kappa shape index (κ1) is 15.3. The van der Waals surface area contributed by atoms with Gasteiger partial charge in [0.05, 0.1) is 12.1 Å². The predicted octanol–water partition coefficient (Wildman–Crippen LogP) is 1.75. The van der Waals surface area contributed by atoms with Crippen LogP contribution in [0.4, 0.5) is 13.2 Å². The lowest BCUT2D eigenvalue weighted by Gasteiger charge is -2.16. The molecule has 0 unspecified atom stereocenters. The predicted molar refractivity (Wildman–Crippen MR) is 69.1 cm³/mol. The van der Waals surface area contributed by atoms with Crippen LogP contribution in [0.3, 0.4) is 0 Å². The Bertz CT molecular complexity index is 572. The fourth-order valence-electron chi connectivity index (χ4n) is 2.48. The van der Waals surface area contributed by atoms with Crippen molar-refractivity contribution in [3.63, 3.8) is 0 Å². The topological polar surface area (TPSA) is 63.4 Å². The van der Waals surface area contributed by atoms with Gasteiger partial charge in [0.1, 0.15) is 0 Å². The summed E-state index contributed by atoms with van der Waals surface area (Å²) in [6.45, 7) is -0.233. The van der Waals surface area contributed by atoms with Gasteiger partial charge in [-0.3, -0.25) is 9.59 Å². The SMILES string of the molecule is CN(CC(N)=O)C(=O)[C@@H]1C[C@@H]1c1ccccc1C(F)(F)F. The number of amides is 2. The highest BCUT2D eigenvalue weighted by molar-refractivity contribution is 5.87. The minimum atomic E-state index is -4.44. The van der Waals surface area contributed by atoms with Gasteiger partial charge >= 0.3 is 6.18 Å². The molecule has 1 aliphatic carbocycles. The second-order valence-corrected chi connectivity index (χ2v) is 5.19. The fourth-order valence-corrected chi connectivity index (χ4v) is 2.48. The highest BCUT2D eigenvalue weighted by atomic mass is 19.4. The number of likely N-dealkylation sites (N-methyl/N-ethyl adjacent to an activating group) is 1. The van der Waals surface area contributed by atoms with Gasteiger partial charge in [0.15, 0.2) is 0 Å². The Labute approximate surface area is 119 Å². The van der Waals surface area contributed by atoms with Crippen LogP contribution in [0.5, 0.6) is 0 Å². The van der Waals surface area contributed by atoms with Gasteiger partial charge < -0.3 is 10.6 Å². The average Bonchev–Trinajstić information content (AvgIpc) is 3.16. The summed E-state index contributed by atoms with van der Waals surface area (Å²) in [6, 6.07) is 5.26. The van der Waals surface area contributed by atoms with Gasteiger partial charge in [-0.2, -0.15) is 13.2 Å². The molecule has 0 heterocycles. The molecule has 1 aromatic carbocycles. The molecule has 21 heavy (non-hydrogen) atoms. The summed E-state index contributed by atoms with van der Waals surface area (Å²) in [6.07, 6.45) is -4.08. The van der Waals surface area contributed by atoms with E-state index >= 15 is 0 Å². The number of nitrogens with zero attached hydrogens (tertiary/aromatic N) is 1. The third kappa shape index (κ3) is 3.34. The number of carbonyl (C=O) groups is 2. The van der Waals surface area contributed by atoms with Gasteiger partial charge in [-0.15, -0.1) is 0 Å². The van der Waals surface area contributed by atoms with Crippen LogP contribution in [0.15, 0.2) is 24.3 Å². The number of hydrogen-bond donors (Lipinski definition) is 1. The maximum absolute atomic E-state index is 12.9. The van der Waals surface area contributed by atoms with E-state index in [1.807, 2.05) is 0 Å². The third-order valence-electron chi connectivity index (χ3n) is 3.54. The highest BCUT2D eigenvalue weighted by Crippen LogP contribution is 2.51. The number of carbonyl (C=O) groups excluding carboxylic acids is 2. The van der Waals surface area contributed by atoms with Gasteiger partial charge in [-0.1, -0.05) is 18.2 Å². The Hall–Kier alpha value is -2.05. The van der Waals surface area contributed by atoms with Gasteiger partial charge in [-0.25, -0.2) is 0 Å². The van der Waals surface area contributed by atoms with Crippen LogP contribution in [-0.4, -0.2) is 30.3 Å². The molecule has 2 amide bonds. The van der Waals surface area contributed by atoms with Gasteiger partial charge in [0, 0.05) is 13.0 Å². The minimum Gasteiger partial charge on any atom is -0.368 e. The zero-order valence-electron chi connectivity index (χ0n) is 11.4. The van der Waals surface area contributed by atoms with Gasteiger partial charge in [-0.05, 0) is 24.0 Å². The van der Waals surface area contributed by atoms with E-state index in [1.165, 1.54) is 25.2 Å². The summed E-state index contributed by atoms with van der Waals surface area (Å²) in [5.74, 6) is -1.97. The number of nitrogens with two attached hydrogens (primary N) is 1. The highest BCUT2D eigenvalue weighted by Gasteiger charge is 2.48. The molecule has 0 aliphatic heterocycles. The summed E-state index contributed by atoms with van der Waals surface area (Å²) in [5, 5.41) is 0. The Morgan fingerprint density at radius 3 is 2.52 bits per heavy atom. The molecule has 7 heteroatoms. The standard InChI is InChI=1S/C14H15F3N2O2/c1-19(7-12(18)20)13(21)10-6-9(10)8-4-2-3-5-11(8)14(15,16)17/h2-5,9-10H,6-7H2,1H3,(H2,18,20)/t9-,10-/m1/s1. The van der Waals surface area contributed by atoms with Crippen LogP contribution >= 0.6 is 0 Å². The van der Waals surface area contributed by atoms with Crippen LogP contribution in [0, 0.1) is 5.92 Å². The number of hydrogen-bond acceptors (Lipinski definition) is 2. The number of primary amides is 1. The molecule has 2 rings (SSSR count). The molecular weight excluding hydrogens is 285 g/mol. The van der Waals surface area contributed by atoms with Crippen molar-refractivity contribution in [3.8, 4) is 0 Å². The molecule has 1 aliphatic rings. The molecule has 0 saturated heterocycles. The second-order valence-electron chi connectivity index (χ2n) is 5.19. The summed E-state index contributed by atoms with van der Waals surface area (Å²) < 4.78 is 38.8. The van der Waals surface area contributed by atoms with Crippen LogP contribution in [0.1, 0.15) is 23.5 Å². The monoisotopic (exact) mass is 300 g/mol. The van der Waals surface area contributed by atoms with E-state index in [4.69, 9.17) is 5.73 Å². The second kappa shape index (κ2) is 5.38. The Morgan fingerprint density at radius 2 is 1.95 bits per heavy atom. The van der Waals surface area contributed by atoms with Crippen molar-refractivity contribution in [2.24, 2.45) is 11.7 Å². The molecule has 0 radical (unpaired) electrons. The van der Waals surface area contributed by atoms with Crippen molar-refractivity contribution in [1.29, 1.82) is 0 Å². The van der Waals surface area contributed by atoms with Crippen molar-refractivity contribution in [2.45, 2.75) is 18.5 Å². The van der Waals surface area contributed by atoms with Crippen LogP contribution in [0.2, 0.25) is 0 Å². The largest absolute Gasteiger partial charge is 0.416 e. The number of alkyl halides is 3. The molecule has 2 atom stereocenters. The fraction of sp³-hybridized carbons (Fsp3) is 0.429. The molecule has 2 N–H and O–H groups in total. The molecule has 0 bridgehead atoms. The lowest BCUT2D eigenvalue weighted by molar-refractivity contribution is -0.138. The van der Waals surface area contributed by atoms with E-state index < -0.39 is 29.5 Å². The first-order valence-corrected chi connectivity index (χ1v) is 6.41. The minimum absolute atomic E-state index is 0.135. The smallest absolute Gasteiger partial charge is 0.368 e. The lowest BCUT2D eigenvalue weighted by atomic mass is 10.0. The number of halogens is 3. The van der Waals surface area contributed by atoms with Gasteiger partial charge in [0.2, 0.25) is 11.8 Å². The van der Waals surface area contributed by atoms with Crippen molar-refractivity contribution < 1.29 is 22.8 Å². The van der Waals surface area contributed by atoms with Crippen molar-refractivity contribution in [2.75, 3.05) is 13.6 Å². The molecule has 4 nitrogen and oxygen atoms in total. The Kier molecular flexibility index (Phi) is 3.93. The molecule has 114 valence electrons. The summed E-state index contributed by atoms with van der Waals surface area (Å²) >= 11 is 0. The molecule has 1 aromatic rings. The maximum Gasteiger partial charge on any atom is 0.416 e. The molecule has 1 fully saturated rings. The van der Waals surface area contributed by atoms with E-state index in [9.17, 15) is 22.8 Å². The molecule has 0 spiro atoms. The summed E-state index contributed by atoms with van der Waals surface area (Å²) in [7, 11) is 1.41. The first-order chi connectivity index (χ1) is 9.71. The molecule has 1 saturated carbocycles. The van der Waals surface area contributed by atoms with Crippen LogP contribution in [0.25, 0.3) is 0 Å². The third-order valence-corrected chi connectivity index (χ3v) is 3.54. The number of benzene rings is 1. The first-order valence-electron chi connectivity index (χ1n) is 6.41. The quantitative estimate of drug-likeness (QED) is 0.921. The van der Waals surface area contributed by atoms with Crippen molar-refractivity contribution in [1.82, 2.24) is 4.90 Å². The number of rotatable bonds is 4. The Morgan fingerprint density at radius 1 is 1.33 bits per heavy atom. The normalized spacial score (nSPS) is 21.0. The van der Waals surface area contributed by atoms with E-state index in [1.54, 1.807) is 0 Å². The van der Waals surface area contributed by atoms with E-state index in [0.29, 0.717) is 6.42 Å². The molecule has 0 aromatic heterocycles. The van der Waals surface area contributed by atoms with Crippen LogP contribution < -0.4 is 5.73 Å². The lowest BCUT2D eigenvalue weighted by Crippen LogP contribution is -2.36. The van der Waals surface area contributed by atoms with E-state index in [2.05, 4.69) is 0 Å². The van der Waals surface area contributed by atoms with Gasteiger partial charge in [0.25, 0.3) is 0 Å². The average molecular weight is 300 g/mol. The van der Waals surface area contributed by atoms with Crippen LogP contribution in [-0.2, 0) is 15.8 Å².